The fraction of sp³-hybridized carbons (Fsp3) is 0.500. The van der Waals surface area contributed by atoms with Crippen molar-refractivity contribution in [3.05, 3.63) is 98.7 Å². The van der Waals surface area contributed by atoms with Crippen LogP contribution in [0.1, 0.15) is 97.8 Å². The van der Waals surface area contributed by atoms with Gasteiger partial charge < -0.3 is 15.8 Å². The molecule has 4 aliphatic carbocycles. The van der Waals surface area contributed by atoms with E-state index in [9.17, 15) is 10.1 Å². The Balaban J connectivity index is 1.38. The van der Waals surface area contributed by atoms with Gasteiger partial charge in [0.15, 0.2) is 0 Å². The van der Waals surface area contributed by atoms with E-state index in [-0.39, 0.29) is 16.6 Å². The first-order valence-electron chi connectivity index (χ1n) is 15.2. The topological polar surface area (TPSA) is 87.0 Å². The summed E-state index contributed by atoms with van der Waals surface area (Å²) in [7, 11) is 0. The third-order valence-electron chi connectivity index (χ3n) is 9.36. The largest absolute Gasteiger partial charge is 0.402 e. The van der Waals surface area contributed by atoms with E-state index in [0.717, 1.165) is 30.7 Å². The van der Waals surface area contributed by atoms with Gasteiger partial charge in [0, 0.05) is 23.2 Å². The van der Waals surface area contributed by atoms with Gasteiger partial charge in [-0.05, 0) is 69.7 Å². The summed E-state index contributed by atoms with van der Waals surface area (Å²) in [6.45, 7) is 6.81. The average molecular weight is 541 g/mol. The van der Waals surface area contributed by atoms with Crippen LogP contribution < -0.4 is 5.73 Å². The molecule has 0 unspecified atom stereocenters. The molecule has 0 radical (unpaired) electrons. The van der Waals surface area contributed by atoms with Crippen LogP contribution in [-0.4, -0.2) is 14.5 Å². The molecule has 0 aromatic carbocycles. The van der Waals surface area contributed by atoms with Crippen LogP contribution >= 0.6 is 0 Å². The summed E-state index contributed by atoms with van der Waals surface area (Å²) in [4.78, 5) is 15.0. The molecule has 0 saturated carbocycles. The molecule has 6 heteroatoms. The summed E-state index contributed by atoms with van der Waals surface area (Å²) in [6.07, 6.45) is 33.6. The molecule has 0 amide bonds. The number of imidazole rings is 1. The van der Waals surface area contributed by atoms with E-state index >= 15 is 0 Å². The van der Waals surface area contributed by atoms with Crippen LogP contribution in [0.2, 0.25) is 0 Å². The average Bonchev–Trinajstić information content (AvgIpc) is 3.52. The maximum absolute atomic E-state index is 11.4. The van der Waals surface area contributed by atoms with E-state index in [2.05, 4.69) is 62.2 Å². The zero-order valence-corrected chi connectivity index (χ0v) is 24.4. The summed E-state index contributed by atoms with van der Waals surface area (Å²) in [6, 6.07) is 0. The number of hydrogen-bond donors (Lipinski definition) is 1. The Labute approximate surface area is 239 Å². The minimum atomic E-state index is -0.426. The fourth-order valence-electron chi connectivity index (χ4n) is 7.09. The highest BCUT2D eigenvalue weighted by Gasteiger charge is 2.47. The number of unbranched alkanes of at least 4 members (excludes halogenated alkanes) is 9. The molecule has 40 heavy (non-hydrogen) atoms. The maximum atomic E-state index is 11.4. The minimum Gasteiger partial charge on any atom is -0.402 e. The summed E-state index contributed by atoms with van der Waals surface area (Å²) in [5.74, 6) is -0.127. The van der Waals surface area contributed by atoms with Crippen molar-refractivity contribution in [3.63, 3.8) is 0 Å². The Morgan fingerprint density at radius 2 is 1.70 bits per heavy atom. The number of nitrogens with two attached hydrogens (primary N) is 1. The molecule has 0 fully saturated rings. The van der Waals surface area contributed by atoms with Gasteiger partial charge in [-0.15, -0.1) is 0 Å². The molecule has 1 aromatic heterocycles. The molecule has 0 aliphatic heterocycles. The second kappa shape index (κ2) is 11.6. The van der Waals surface area contributed by atoms with Crippen LogP contribution in [0.3, 0.4) is 0 Å². The number of rotatable bonds is 13. The molecule has 212 valence electrons. The summed E-state index contributed by atoms with van der Waals surface area (Å²) in [5.41, 5.74) is 14.3. The van der Waals surface area contributed by atoms with E-state index in [1.54, 1.807) is 12.5 Å². The van der Waals surface area contributed by atoms with Crippen LogP contribution in [0.15, 0.2) is 88.6 Å². The molecule has 0 saturated heterocycles. The molecular weight excluding hydrogens is 496 g/mol. The monoisotopic (exact) mass is 540 g/mol. The van der Waals surface area contributed by atoms with Gasteiger partial charge in [-0.1, -0.05) is 102 Å². The lowest BCUT2D eigenvalue weighted by atomic mass is 9.60. The van der Waals surface area contributed by atoms with Crippen LogP contribution in [-0.2, 0) is 0 Å². The van der Waals surface area contributed by atoms with Crippen molar-refractivity contribution in [1.82, 2.24) is 9.55 Å². The summed E-state index contributed by atoms with van der Waals surface area (Å²) < 4.78 is 1.85. The van der Waals surface area contributed by atoms with Crippen molar-refractivity contribution in [3.8, 4) is 0 Å². The van der Waals surface area contributed by atoms with Gasteiger partial charge >= 0.3 is 5.82 Å². The maximum Gasteiger partial charge on any atom is 0.381 e. The first-order chi connectivity index (χ1) is 19.3. The minimum absolute atomic E-state index is 0.127. The standard InChI is InChI=1S/C34H44N4O2/c1-4-5-6-7-8-9-10-11-12-13-14-25-21-30(37-23-31(36-24-37)38(39)40)33(2)20-19-29-28(32(25)33)18-16-26-15-17-27(35)22-34(26,29)3/h15-21,23-24H,4-14,22,35H2,1-3H3/t33-,34-/m1/s1. The molecule has 4 aliphatic rings. The van der Waals surface area contributed by atoms with Gasteiger partial charge in [0.1, 0.15) is 6.20 Å². The van der Waals surface area contributed by atoms with Crippen molar-refractivity contribution in [2.24, 2.45) is 16.6 Å². The van der Waals surface area contributed by atoms with Crippen LogP contribution in [0.4, 0.5) is 5.82 Å². The van der Waals surface area contributed by atoms with E-state index in [1.165, 1.54) is 85.7 Å². The van der Waals surface area contributed by atoms with E-state index in [1.807, 2.05) is 10.6 Å². The van der Waals surface area contributed by atoms with Crippen LogP contribution in [0.25, 0.3) is 5.70 Å². The Morgan fingerprint density at radius 1 is 1.00 bits per heavy atom. The second-order valence-electron chi connectivity index (χ2n) is 12.3. The number of hydrogen-bond acceptors (Lipinski definition) is 4. The predicted molar refractivity (Wildman–Crippen MR) is 163 cm³/mol. The Hall–Kier alpha value is -3.41. The zero-order valence-electron chi connectivity index (χ0n) is 24.4. The van der Waals surface area contributed by atoms with Crippen LogP contribution in [0, 0.1) is 20.9 Å². The lowest BCUT2D eigenvalue weighted by Crippen LogP contribution is -2.33. The fourth-order valence-corrected chi connectivity index (χ4v) is 7.09. The van der Waals surface area contributed by atoms with Gasteiger partial charge in [0.25, 0.3) is 0 Å². The number of nitro groups is 1. The molecule has 5 rings (SSSR count). The molecule has 2 atom stereocenters. The number of aromatic nitrogens is 2. The lowest BCUT2D eigenvalue weighted by molar-refractivity contribution is -0.389. The highest BCUT2D eigenvalue weighted by molar-refractivity contribution is 5.80. The molecule has 1 heterocycles. The predicted octanol–water partition coefficient (Wildman–Crippen LogP) is 8.87. The van der Waals surface area contributed by atoms with Crippen molar-refractivity contribution in [1.29, 1.82) is 0 Å². The normalized spacial score (nSPS) is 24.9. The molecule has 0 bridgehead atoms. The molecular formula is C34H44N4O2. The molecule has 1 aromatic rings. The number of allylic oxidation sites excluding steroid dienone is 14. The van der Waals surface area contributed by atoms with Crippen molar-refractivity contribution < 1.29 is 4.92 Å². The van der Waals surface area contributed by atoms with E-state index in [4.69, 9.17) is 5.73 Å². The van der Waals surface area contributed by atoms with Crippen molar-refractivity contribution >= 4 is 11.5 Å². The number of nitrogens with zero attached hydrogens (tertiary/aromatic N) is 3. The van der Waals surface area contributed by atoms with Gasteiger partial charge in [-0.3, -0.25) is 4.57 Å². The first kappa shape index (κ1) is 28.1. The van der Waals surface area contributed by atoms with Crippen LogP contribution in [0.5, 0.6) is 0 Å². The Kier molecular flexibility index (Phi) is 8.16. The lowest BCUT2D eigenvalue weighted by Gasteiger charge is -2.43. The molecule has 2 N–H and O–H groups in total. The van der Waals surface area contributed by atoms with Gasteiger partial charge in [0.2, 0.25) is 6.33 Å². The highest BCUT2D eigenvalue weighted by atomic mass is 16.6. The molecule has 0 spiro atoms. The van der Waals surface area contributed by atoms with E-state index < -0.39 is 4.92 Å². The summed E-state index contributed by atoms with van der Waals surface area (Å²) in [5, 5.41) is 11.4. The highest BCUT2D eigenvalue weighted by Crippen LogP contribution is 2.59. The zero-order chi connectivity index (χ0) is 28.3. The Morgan fingerprint density at radius 3 is 2.38 bits per heavy atom. The van der Waals surface area contributed by atoms with Crippen molar-refractivity contribution in [2.75, 3.05) is 0 Å². The van der Waals surface area contributed by atoms with Crippen molar-refractivity contribution in [2.45, 2.75) is 97.8 Å². The second-order valence-corrected chi connectivity index (χ2v) is 12.3. The summed E-state index contributed by atoms with van der Waals surface area (Å²) >= 11 is 0. The number of fused-ring (bicyclic) bond motifs is 4. The third-order valence-corrected chi connectivity index (χ3v) is 9.36. The molecule has 6 nitrogen and oxygen atoms in total. The SMILES string of the molecule is CCCCCCCCCCCCC1=C2C3=C(C=C[C@]2(C)C(n2cnc([N+](=O)[O-])c2)=C1)[C@]1(C)CC(N)=CC=C1C=C3. The quantitative estimate of drug-likeness (QED) is 0.154. The van der Waals surface area contributed by atoms with Gasteiger partial charge in [0.05, 0.1) is 5.41 Å². The van der Waals surface area contributed by atoms with Gasteiger partial charge in [-0.25, -0.2) is 0 Å². The first-order valence-corrected chi connectivity index (χ1v) is 15.2. The van der Waals surface area contributed by atoms with Gasteiger partial charge in [-0.2, -0.15) is 0 Å². The smallest absolute Gasteiger partial charge is 0.381 e. The van der Waals surface area contributed by atoms with E-state index in [0.29, 0.717) is 0 Å². The third kappa shape index (κ3) is 5.21. The Bertz CT molecular complexity index is 1380.